The van der Waals surface area contributed by atoms with Crippen LogP contribution in [0.5, 0.6) is 0 Å². The van der Waals surface area contributed by atoms with Crippen LogP contribution >= 0.6 is 11.8 Å². The van der Waals surface area contributed by atoms with Gasteiger partial charge >= 0.3 is 6.18 Å². The molecule has 0 amide bonds. The number of hydrogen-bond acceptors (Lipinski definition) is 4. The lowest BCUT2D eigenvalue weighted by Gasteiger charge is -2.17. The fourth-order valence-corrected chi connectivity index (χ4v) is 2.53. The Morgan fingerprint density at radius 1 is 1.42 bits per heavy atom. The number of alkyl halides is 3. The van der Waals surface area contributed by atoms with Crippen molar-refractivity contribution in [3.8, 4) is 0 Å². The van der Waals surface area contributed by atoms with E-state index >= 15 is 0 Å². The lowest BCUT2D eigenvalue weighted by Crippen LogP contribution is -2.24. The molecule has 1 aromatic rings. The molecule has 0 spiro atoms. The summed E-state index contributed by atoms with van der Waals surface area (Å²) in [5, 5.41) is 18.6. The Morgan fingerprint density at radius 3 is 2.58 bits per heavy atom. The summed E-state index contributed by atoms with van der Waals surface area (Å²) in [6.07, 6.45) is -4.63. The molecule has 2 rings (SSSR count). The van der Waals surface area contributed by atoms with Crippen LogP contribution in [0.25, 0.3) is 0 Å². The van der Waals surface area contributed by atoms with Crippen LogP contribution in [0, 0.1) is 15.5 Å². The standard InChI is InChI=1S/C10H8F3N3O2S/c11-10(12,13)6-1-2-7(8(5-6)16(17)18)15-3-4-19-9(15)14/h1-2,5,14H,3-4H2. The first-order valence-electron chi connectivity index (χ1n) is 5.15. The van der Waals surface area contributed by atoms with Crippen molar-refractivity contribution >= 4 is 28.3 Å². The molecule has 1 saturated heterocycles. The van der Waals surface area contributed by atoms with Gasteiger partial charge in [0.1, 0.15) is 5.69 Å². The van der Waals surface area contributed by atoms with Crippen molar-refractivity contribution in [3.05, 3.63) is 33.9 Å². The van der Waals surface area contributed by atoms with E-state index in [0.717, 1.165) is 12.1 Å². The van der Waals surface area contributed by atoms with Crippen LogP contribution in [0.3, 0.4) is 0 Å². The van der Waals surface area contributed by atoms with E-state index < -0.39 is 22.4 Å². The van der Waals surface area contributed by atoms with Crippen molar-refractivity contribution in [2.75, 3.05) is 17.2 Å². The average molecular weight is 291 g/mol. The van der Waals surface area contributed by atoms with Crippen LogP contribution < -0.4 is 4.90 Å². The predicted octanol–water partition coefficient (Wildman–Crippen LogP) is 3.10. The first kappa shape index (κ1) is 13.7. The SMILES string of the molecule is N=C1SCCN1c1ccc(C(F)(F)F)cc1[N+](=O)[O-]. The van der Waals surface area contributed by atoms with Gasteiger partial charge in [0, 0.05) is 18.4 Å². The van der Waals surface area contributed by atoms with Crippen molar-refractivity contribution in [2.24, 2.45) is 0 Å². The van der Waals surface area contributed by atoms with E-state index in [9.17, 15) is 23.3 Å². The van der Waals surface area contributed by atoms with E-state index in [4.69, 9.17) is 5.41 Å². The second-order valence-corrected chi connectivity index (χ2v) is 4.85. The van der Waals surface area contributed by atoms with Gasteiger partial charge < -0.3 is 4.90 Å². The summed E-state index contributed by atoms with van der Waals surface area (Å²) in [5.41, 5.74) is -1.68. The number of anilines is 1. The Morgan fingerprint density at radius 2 is 2.11 bits per heavy atom. The zero-order chi connectivity index (χ0) is 14.2. The van der Waals surface area contributed by atoms with E-state index in [1.54, 1.807) is 0 Å². The summed E-state index contributed by atoms with van der Waals surface area (Å²) in [6, 6.07) is 2.34. The van der Waals surface area contributed by atoms with Gasteiger partial charge in [0.25, 0.3) is 5.69 Å². The Balaban J connectivity index is 2.50. The molecule has 5 nitrogen and oxygen atoms in total. The van der Waals surface area contributed by atoms with E-state index in [2.05, 4.69) is 0 Å². The number of nitrogens with zero attached hydrogens (tertiary/aromatic N) is 2. The molecule has 1 aliphatic heterocycles. The molecule has 1 fully saturated rings. The highest BCUT2D eigenvalue weighted by molar-refractivity contribution is 8.14. The topological polar surface area (TPSA) is 70.2 Å². The number of nitrogens with one attached hydrogen (secondary N) is 1. The van der Waals surface area contributed by atoms with Crippen molar-refractivity contribution in [1.29, 1.82) is 5.41 Å². The summed E-state index contributed by atoms with van der Waals surface area (Å²) in [5.74, 6) is 0.580. The fourth-order valence-electron chi connectivity index (χ4n) is 1.72. The van der Waals surface area contributed by atoms with Crippen molar-refractivity contribution in [1.82, 2.24) is 0 Å². The zero-order valence-corrected chi connectivity index (χ0v) is 10.2. The summed E-state index contributed by atoms with van der Waals surface area (Å²) >= 11 is 1.19. The van der Waals surface area contributed by atoms with Crippen LogP contribution in [0.1, 0.15) is 5.56 Å². The Bertz CT molecular complexity index is 547. The van der Waals surface area contributed by atoms with Crippen molar-refractivity contribution in [3.63, 3.8) is 0 Å². The maximum Gasteiger partial charge on any atom is 0.416 e. The monoisotopic (exact) mass is 291 g/mol. The number of amidine groups is 1. The molecular weight excluding hydrogens is 283 g/mol. The normalized spacial score (nSPS) is 15.9. The van der Waals surface area contributed by atoms with Gasteiger partial charge in [0.15, 0.2) is 5.17 Å². The van der Waals surface area contributed by atoms with Gasteiger partial charge in [-0.1, -0.05) is 11.8 Å². The van der Waals surface area contributed by atoms with Gasteiger partial charge in [-0.3, -0.25) is 15.5 Å². The number of nitro groups is 1. The molecule has 0 aliphatic carbocycles. The summed E-state index contributed by atoms with van der Waals surface area (Å²) < 4.78 is 37.6. The lowest BCUT2D eigenvalue weighted by molar-refractivity contribution is -0.384. The Labute approximate surface area is 110 Å². The molecule has 1 aromatic carbocycles. The van der Waals surface area contributed by atoms with Gasteiger partial charge in [0.2, 0.25) is 0 Å². The third-order valence-electron chi connectivity index (χ3n) is 2.59. The molecular formula is C10H8F3N3O2S. The van der Waals surface area contributed by atoms with Crippen molar-refractivity contribution in [2.45, 2.75) is 6.18 Å². The summed E-state index contributed by atoms with van der Waals surface area (Å²) in [7, 11) is 0. The van der Waals surface area contributed by atoms with Gasteiger partial charge in [-0.2, -0.15) is 13.2 Å². The number of nitro benzene ring substituents is 1. The average Bonchev–Trinajstić information content (AvgIpc) is 2.73. The highest BCUT2D eigenvalue weighted by Gasteiger charge is 2.34. The second kappa shape index (κ2) is 4.72. The first-order valence-corrected chi connectivity index (χ1v) is 6.14. The molecule has 19 heavy (non-hydrogen) atoms. The highest BCUT2D eigenvalue weighted by Crippen LogP contribution is 2.38. The number of rotatable bonds is 2. The number of halogens is 3. The van der Waals surface area contributed by atoms with E-state index in [-0.39, 0.29) is 10.9 Å². The van der Waals surface area contributed by atoms with E-state index in [0.29, 0.717) is 18.4 Å². The highest BCUT2D eigenvalue weighted by atomic mass is 32.2. The Kier molecular flexibility index (Phi) is 3.40. The van der Waals surface area contributed by atoms with Gasteiger partial charge in [-0.25, -0.2) is 0 Å². The molecule has 0 radical (unpaired) electrons. The number of thioether (sulfide) groups is 1. The third kappa shape index (κ3) is 2.65. The number of benzene rings is 1. The smallest absolute Gasteiger partial charge is 0.315 e. The zero-order valence-electron chi connectivity index (χ0n) is 9.40. The molecule has 0 bridgehead atoms. The fraction of sp³-hybridized carbons (Fsp3) is 0.300. The van der Waals surface area contributed by atoms with Crippen LogP contribution in [-0.4, -0.2) is 22.4 Å². The minimum Gasteiger partial charge on any atom is -0.315 e. The summed E-state index contributed by atoms with van der Waals surface area (Å²) in [4.78, 5) is 11.4. The maximum absolute atomic E-state index is 12.5. The quantitative estimate of drug-likeness (QED) is 0.671. The van der Waals surface area contributed by atoms with Crippen LogP contribution in [0.4, 0.5) is 24.5 Å². The summed E-state index contributed by atoms with van der Waals surface area (Å²) in [6.45, 7) is 0.371. The molecule has 0 atom stereocenters. The lowest BCUT2D eigenvalue weighted by atomic mass is 10.1. The predicted molar refractivity (Wildman–Crippen MR) is 65.6 cm³/mol. The minimum absolute atomic E-state index is 0.0213. The molecule has 9 heteroatoms. The molecule has 0 unspecified atom stereocenters. The van der Waals surface area contributed by atoms with Crippen LogP contribution in [-0.2, 0) is 6.18 Å². The first-order chi connectivity index (χ1) is 8.80. The molecule has 102 valence electrons. The van der Waals surface area contributed by atoms with E-state index in [1.807, 2.05) is 0 Å². The largest absolute Gasteiger partial charge is 0.416 e. The second-order valence-electron chi connectivity index (χ2n) is 3.76. The minimum atomic E-state index is -4.63. The van der Waals surface area contributed by atoms with Gasteiger partial charge in [-0.05, 0) is 12.1 Å². The Hall–Kier alpha value is -1.77. The maximum atomic E-state index is 12.5. The van der Waals surface area contributed by atoms with Crippen LogP contribution in [0.2, 0.25) is 0 Å². The van der Waals surface area contributed by atoms with Crippen LogP contribution in [0.15, 0.2) is 18.2 Å². The number of hydrogen-bond donors (Lipinski definition) is 1. The van der Waals surface area contributed by atoms with E-state index in [1.165, 1.54) is 16.7 Å². The van der Waals surface area contributed by atoms with Crippen molar-refractivity contribution < 1.29 is 18.1 Å². The third-order valence-corrected chi connectivity index (χ3v) is 3.47. The molecule has 1 aliphatic rings. The molecule has 1 heterocycles. The van der Waals surface area contributed by atoms with Gasteiger partial charge in [0.05, 0.1) is 10.5 Å². The molecule has 0 aromatic heterocycles. The molecule has 1 N–H and O–H groups in total. The molecule has 0 saturated carbocycles. The van der Waals surface area contributed by atoms with Gasteiger partial charge in [-0.15, -0.1) is 0 Å².